The predicted molar refractivity (Wildman–Crippen MR) is 190 cm³/mol. The molecule has 0 heterocycles. The highest BCUT2D eigenvalue weighted by Crippen LogP contribution is 2.40. The van der Waals surface area contributed by atoms with E-state index in [9.17, 15) is 139 Å². The SMILES string of the molecule is ClCCl.O=Cc1ccc(C=O)cc1.O=S(=O)(C(Cc1ccc(CC(S(=O)(=O)C(F)(F)F)S(=O)(=O)C(F)(F)F)cc1)S(=O)(=O)C(F)(F)F)C(F)(F)F.O=S(=O)(CS(=O)(=O)C(F)(F)F)C(F)(F)F. The zero-order chi connectivity index (χ0) is 53.4. The summed E-state index contributed by atoms with van der Waals surface area (Å²) in [6.45, 7) is 0. The number of carbonyl (C=O) groups is 2. The average Bonchev–Trinajstić information content (AvgIpc) is 3.10. The molecule has 0 unspecified atom stereocenters. The number of rotatable bonds is 12. The Morgan fingerprint density at radius 3 is 0.697 bits per heavy atom. The van der Waals surface area contributed by atoms with E-state index in [0.717, 1.165) is 12.6 Å². The van der Waals surface area contributed by atoms with E-state index in [-0.39, 0.29) is 29.6 Å². The summed E-state index contributed by atoms with van der Waals surface area (Å²) in [6.07, 6.45) is -2.69. The fourth-order valence-corrected chi connectivity index (χ4v) is 13.1. The van der Waals surface area contributed by atoms with Crippen LogP contribution in [0, 0.1) is 0 Å². The van der Waals surface area contributed by atoms with Crippen molar-refractivity contribution >= 4 is 94.8 Å². The Bertz CT molecular complexity index is 2370. The first-order valence-corrected chi connectivity index (χ1v) is 25.5. The molecule has 40 heteroatoms. The van der Waals surface area contributed by atoms with Gasteiger partial charge >= 0.3 is 33.0 Å². The van der Waals surface area contributed by atoms with Crippen molar-refractivity contribution in [3.05, 3.63) is 70.8 Å². The van der Waals surface area contributed by atoms with Gasteiger partial charge < -0.3 is 0 Å². The number of aldehydes is 2. The van der Waals surface area contributed by atoms with Crippen LogP contribution in [-0.2, 0) is 71.9 Å². The maximum absolute atomic E-state index is 12.8. The minimum absolute atomic E-state index is 0.194. The lowest BCUT2D eigenvalue weighted by atomic mass is 10.1. The molecule has 0 atom stereocenters. The standard InChI is InChI=1S/C14H10F12O8S4.C8H6O2.C3H2F6O4S2.CH2Cl2/c15-11(16,17)35(27,28)9(36(29,30)12(18,19)20)5-7-1-2-8(4-3-7)6-10(37(31,32)13(21,22)23)38(33,34)14(24,25)26;9-5-7-1-2-8(6-10)4-3-7;4-2(5,6)14(10,11)1-15(12,13)3(7,8)9;2-1-3/h1-4,9-10H,5-6H2;1-6H;1H2;1H2. The molecule has 384 valence electrons. The first kappa shape index (κ1) is 64.9. The summed E-state index contributed by atoms with van der Waals surface area (Å²) in [6, 6.07) is 7.37. The molecule has 2 aromatic carbocycles. The maximum Gasteiger partial charge on any atom is 0.498 e. The normalized spacial score (nSPS) is 13.9. The highest BCUT2D eigenvalue weighted by atomic mass is 35.5. The highest BCUT2D eigenvalue weighted by molar-refractivity contribution is 8.10. The van der Waals surface area contributed by atoms with Crippen molar-refractivity contribution in [2.45, 2.75) is 55.1 Å². The van der Waals surface area contributed by atoms with Gasteiger partial charge in [-0.25, -0.2) is 50.5 Å². The molecule has 0 bridgehead atoms. The number of benzene rings is 2. The Hall–Kier alpha value is -3.20. The fraction of sp³-hybridized carbons (Fsp3) is 0.462. The van der Waals surface area contributed by atoms with Gasteiger partial charge in [0.1, 0.15) is 12.6 Å². The van der Waals surface area contributed by atoms with Crippen molar-refractivity contribution in [2.24, 2.45) is 0 Å². The summed E-state index contributed by atoms with van der Waals surface area (Å²) >= 11 is 9.53. The number of carbonyl (C=O) groups excluding carboxylic acids is 2. The van der Waals surface area contributed by atoms with E-state index < -0.39 is 130 Å². The van der Waals surface area contributed by atoms with Crippen molar-refractivity contribution in [2.75, 3.05) is 10.4 Å². The third-order valence-corrected chi connectivity index (χ3v) is 19.7. The Balaban J connectivity index is 0. The first-order chi connectivity index (χ1) is 28.9. The second-order valence-electron chi connectivity index (χ2n) is 11.3. The predicted octanol–water partition coefficient (Wildman–Crippen LogP) is 6.71. The zero-order valence-electron chi connectivity index (χ0n) is 30.5. The molecule has 0 aromatic heterocycles. The van der Waals surface area contributed by atoms with E-state index in [1.807, 2.05) is 0 Å². The third-order valence-electron chi connectivity index (χ3n) is 6.73. The van der Waals surface area contributed by atoms with Crippen LogP contribution in [0.25, 0.3) is 0 Å². The second kappa shape index (κ2) is 22.5. The molecule has 14 nitrogen and oxygen atoms in total. The zero-order valence-corrected chi connectivity index (χ0v) is 36.9. The van der Waals surface area contributed by atoms with Gasteiger partial charge in [0.2, 0.25) is 0 Å². The van der Waals surface area contributed by atoms with Gasteiger partial charge in [0.25, 0.3) is 59.0 Å². The molecule has 2 aromatic rings. The molecule has 0 N–H and O–H groups in total. The topological polar surface area (TPSA) is 239 Å². The summed E-state index contributed by atoms with van der Waals surface area (Å²) in [5.41, 5.74) is -39.0. The minimum atomic E-state index is -7.09. The van der Waals surface area contributed by atoms with Crippen LogP contribution in [0.3, 0.4) is 0 Å². The summed E-state index contributed by atoms with van der Waals surface area (Å²) in [5.74, 6) is 0. The molecule has 0 saturated heterocycles. The lowest BCUT2D eigenvalue weighted by Gasteiger charge is -2.22. The average molecular weight is 1160 g/mol. The van der Waals surface area contributed by atoms with E-state index in [1.54, 1.807) is 24.3 Å². The molecule has 0 amide bonds. The van der Waals surface area contributed by atoms with E-state index in [2.05, 4.69) is 0 Å². The van der Waals surface area contributed by atoms with Crippen LogP contribution in [0.1, 0.15) is 31.8 Å². The summed E-state index contributed by atoms with van der Waals surface area (Å²) in [5, 5.41) is -2.84. The fourth-order valence-electron chi connectivity index (χ4n) is 3.56. The van der Waals surface area contributed by atoms with Gasteiger partial charge in [-0.05, 0) is 11.1 Å². The van der Waals surface area contributed by atoms with Gasteiger partial charge in [0.15, 0.2) is 14.2 Å². The third kappa shape index (κ3) is 17.1. The van der Waals surface area contributed by atoms with Crippen molar-refractivity contribution in [1.29, 1.82) is 0 Å². The van der Waals surface area contributed by atoms with Gasteiger partial charge in [-0.1, -0.05) is 48.5 Å². The highest BCUT2D eigenvalue weighted by Gasteiger charge is 2.64. The number of alkyl halides is 20. The molecule has 66 heavy (non-hydrogen) atoms. The Morgan fingerprint density at radius 1 is 0.379 bits per heavy atom. The van der Waals surface area contributed by atoms with Crippen LogP contribution in [0.2, 0.25) is 0 Å². The number of hydrogen-bond acceptors (Lipinski definition) is 14. The summed E-state index contributed by atoms with van der Waals surface area (Å²) in [7, 11) is -41.1. The first-order valence-electron chi connectivity index (χ1n) is 14.9. The summed E-state index contributed by atoms with van der Waals surface area (Å²) in [4.78, 5) is 20.2. The lowest BCUT2D eigenvalue weighted by Crippen LogP contribution is -2.46. The molecule has 0 aliphatic carbocycles. The number of hydrogen-bond donors (Lipinski definition) is 0. The maximum atomic E-state index is 12.8. The molecule has 0 radical (unpaired) electrons. The van der Waals surface area contributed by atoms with Crippen LogP contribution >= 0.6 is 23.2 Å². The van der Waals surface area contributed by atoms with E-state index in [0.29, 0.717) is 11.1 Å². The quantitative estimate of drug-likeness (QED) is 0.122. The Kier molecular flexibility index (Phi) is 22.1. The van der Waals surface area contributed by atoms with Gasteiger partial charge in [0.05, 0.1) is 5.34 Å². The molecule has 0 aliphatic heterocycles. The van der Waals surface area contributed by atoms with Crippen molar-refractivity contribution in [3.8, 4) is 0 Å². The Morgan fingerprint density at radius 2 is 0.561 bits per heavy atom. The van der Waals surface area contributed by atoms with E-state index >= 15 is 0 Å². The van der Waals surface area contributed by atoms with Crippen LogP contribution < -0.4 is 0 Å². The smallest absolute Gasteiger partial charge is 0.298 e. The van der Waals surface area contributed by atoms with E-state index in [4.69, 9.17) is 23.2 Å². The Labute approximate surface area is 368 Å². The molecule has 0 fully saturated rings. The van der Waals surface area contributed by atoms with Crippen LogP contribution in [0.15, 0.2) is 48.5 Å². The number of sulfone groups is 6. The monoisotopic (exact) mass is 1160 g/mol. The van der Waals surface area contributed by atoms with Gasteiger partial charge in [0, 0.05) is 24.0 Å². The lowest BCUT2D eigenvalue weighted by molar-refractivity contribution is -0.0483. The largest absolute Gasteiger partial charge is 0.498 e. The van der Waals surface area contributed by atoms with Gasteiger partial charge in [-0.2, -0.15) is 79.0 Å². The second-order valence-corrected chi connectivity index (χ2v) is 25.5. The molecular weight excluding hydrogens is 1140 g/mol. The van der Waals surface area contributed by atoms with Crippen molar-refractivity contribution in [3.63, 3.8) is 0 Å². The van der Waals surface area contributed by atoms with Crippen molar-refractivity contribution in [1.82, 2.24) is 0 Å². The van der Waals surface area contributed by atoms with Crippen molar-refractivity contribution < 1.29 is 139 Å². The van der Waals surface area contributed by atoms with Crippen LogP contribution in [-0.4, -0.2) is 116 Å². The molecule has 0 aliphatic rings. The summed E-state index contributed by atoms with van der Waals surface area (Å²) < 4.78 is 347. The van der Waals surface area contributed by atoms with Crippen LogP contribution in [0.4, 0.5) is 79.0 Å². The van der Waals surface area contributed by atoms with Gasteiger partial charge in [-0.3, -0.25) is 9.59 Å². The number of halogens is 20. The molecule has 0 spiro atoms. The molecule has 0 saturated carbocycles. The minimum Gasteiger partial charge on any atom is -0.298 e. The molecule has 2 rings (SSSR count). The van der Waals surface area contributed by atoms with Crippen LogP contribution in [0.5, 0.6) is 0 Å². The molecular formula is C26H20Cl2F18O14S6. The van der Waals surface area contributed by atoms with Gasteiger partial charge in [-0.15, -0.1) is 23.2 Å². The van der Waals surface area contributed by atoms with E-state index in [1.165, 1.54) is 0 Å².